The SMILES string of the molecule is CNc1nc(Cl)nc(NCc2ccc(C)s2)n1. The molecular weight excluding hydrogens is 258 g/mol. The summed E-state index contributed by atoms with van der Waals surface area (Å²) in [6.45, 7) is 2.76. The van der Waals surface area contributed by atoms with E-state index in [0.717, 1.165) is 0 Å². The summed E-state index contributed by atoms with van der Waals surface area (Å²) in [7, 11) is 1.73. The zero-order valence-electron chi connectivity index (χ0n) is 9.49. The van der Waals surface area contributed by atoms with Crippen molar-refractivity contribution in [2.75, 3.05) is 17.7 Å². The Morgan fingerprint density at radius 1 is 1.24 bits per heavy atom. The van der Waals surface area contributed by atoms with Gasteiger partial charge in [0.05, 0.1) is 6.54 Å². The molecule has 5 nitrogen and oxygen atoms in total. The van der Waals surface area contributed by atoms with Crippen molar-refractivity contribution >= 4 is 34.8 Å². The zero-order valence-corrected chi connectivity index (χ0v) is 11.1. The van der Waals surface area contributed by atoms with Crippen molar-refractivity contribution in [2.24, 2.45) is 0 Å². The molecule has 0 aliphatic heterocycles. The van der Waals surface area contributed by atoms with E-state index < -0.39 is 0 Å². The van der Waals surface area contributed by atoms with Crippen LogP contribution in [0.15, 0.2) is 12.1 Å². The summed E-state index contributed by atoms with van der Waals surface area (Å²) >= 11 is 7.51. The van der Waals surface area contributed by atoms with Gasteiger partial charge in [0.25, 0.3) is 0 Å². The fourth-order valence-corrected chi connectivity index (χ4v) is 2.28. The molecule has 2 aromatic rings. The predicted octanol–water partition coefficient (Wildman–Crippen LogP) is 2.55. The molecule has 0 aromatic carbocycles. The molecule has 2 aromatic heterocycles. The van der Waals surface area contributed by atoms with E-state index in [1.807, 2.05) is 0 Å². The number of aryl methyl sites for hydroxylation is 1. The molecule has 0 amide bonds. The molecule has 0 fully saturated rings. The van der Waals surface area contributed by atoms with Gasteiger partial charge in [-0.15, -0.1) is 11.3 Å². The van der Waals surface area contributed by atoms with Gasteiger partial charge < -0.3 is 10.6 Å². The second-order valence-corrected chi connectivity index (χ2v) is 5.08. The second kappa shape index (κ2) is 5.29. The summed E-state index contributed by atoms with van der Waals surface area (Å²) in [6, 6.07) is 4.16. The molecule has 0 radical (unpaired) electrons. The van der Waals surface area contributed by atoms with Gasteiger partial charge in [-0.05, 0) is 30.7 Å². The molecule has 2 heterocycles. The van der Waals surface area contributed by atoms with Crippen molar-refractivity contribution in [2.45, 2.75) is 13.5 Å². The molecular formula is C10H12ClN5S. The van der Waals surface area contributed by atoms with Crippen LogP contribution in [0.3, 0.4) is 0 Å². The normalized spacial score (nSPS) is 10.3. The summed E-state index contributed by atoms with van der Waals surface area (Å²) in [6.07, 6.45) is 0. The third-order valence-corrected chi connectivity index (χ3v) is 3.22. The van der Waals surface area contributed by atoms with Crippen LogP contribution in [0.1, 0.15) is 9.75 Å². The van der Waals surface area contributed by atoms with E-state index in [1.165, 1.54) is 9.75 Å². The lowest BCUT2D eigenvalue weighted by Crippen LogP contribution is -2.06. The number of hydrogen-bond donors (Lipinski definition) is 2. The minimum Gasteiger partial charge on any atom is -0.357 e. The van der Waals surface area contributed by atoms with Crippen molar-refractivity contribution in [1.82, 2.24) is 15.0 Å². The molecule has 0 unspecified atom stereocenters. The Labute approximate surface area is 108 Å². The van der Waals surface area contributed by atoms with Crippen molar-refractivity contribution in [3.63, 3.8) is 0 Å². The van der Waals surface area contributed by atoms with Crippen LogP contribution in [0.4, 0.5) is 11.9 Å². The van der Waals surface area contributed by atoms with Crippen molar-refractivity contribution in [1.29, 1.82) is 0 Å². The quantitative estimate of drug-likeness (QED) is 0.893. The first-order chi connectivity index (χ1) is 8.17. The van der Waals surface area contributed by atoms with Crippen LogP contribution in [0, 0.1) is 6.92 Å². The summed E-state index contributed by atoms with van der Waals surface area (Å²) in [4.78, 5) is 14.6. The fourth-order valence-electron chi connectivity index (χ4n) is 1.29. The highest BCUT2D eigenvalue weighted by atomic mass is 35.5. The van der Waals surface area contributed by atoms with E-state index in [2.05, 4.69) is 44.6 Å². The number of rotatable bonds is 4. The van der Waals surface area contributed by atoms with E-state index in [4.69, 9.17) is 11.6 Å². The molecule has 0 bridgehead atoms. The lowest BCUT2D eigenvalue weighted by atomic mass is 10.4. The molecule has 0 atom stereocenters. The summed E-state index contributed by atoms with van der Waals surface area (Å²) in [5, 5.41) is 6.12. The van der Waals surface area contributed by atoms with Crippen LogP contribution in [0.25, 0.3) is 0 Å². The zero-order chi connectivity index (χ0) is 12.3. The Balaban J connectivity index is 2.05. The summed E-state index contributed by atoms with van der Waals surface area (Å²) < 4.78 is 0. The highest BCUT2D eigenvalue weighted by molar-refractivity contribution is 7.11. The molecule has 17 heavy (non-hydrogen) atoms. The smallest absolute Gasteiger partial charge is 0.229 e. The first kappa shape index (κ1) is 12.1. The molecule has 0 spiro atoms. The molecule has 0 aliphatic rings. The monoisotopic (exact) mass is 269 g/mol. The topological polar surface area (TPSA) is 62.7 Å². The van der Waals surface area contributed by atoms with Crippen LogP contribution in [0.2, 0.25) is 5.28 Å². The lowest BCUT2D eigenvalue weighted by molar-refractivity contribution is 1.01. The van der Waals surface area contributed by atoms with Crippen molar-refractivity contribution < 1.29 is 0 Å². The maximum Gasteiger partial charge on any atom is 0.229 e. The first-order valence-electron chi connectivity index (χ1n) is 5.06. The van der Waals surface area contributed by atoms with Gasteiger partial charge in [0.15, 0.2) is 0 Å². The van der Waals surface area contributed by atoms with Gasteiger partial charge in [0, 0.05) is 16.8 Å². The predicted molar refractivity (Wildman–Crippen MR) is 70.8 cm³/mol. The van der Waals surface area contributed by atoms with E-state index in [1.54, 1.807) is 18.4 Å². The van der Waals surface area contributed by atoms with Crippen molar-refractivity contribution in [3.05, 3.63) is 27.2 Å². The molecule has 0 saturated carbocycles. The number of halogens is 1. The highest BCUT2D eigenvalue weighted by Gasteiger charge is 2.04. The maximum absolute atomic E-state index is 5.78. The summed E-state index contributed by atoms with van der Waals surface area (Å²) in [5.74, 6) is 0.926. The lowest BCUT2D eigenvalue weighted by Gasteiger charge is -2.05. The van der Waals surface area contributed by atoms with Gasteiger partial charge in [-0.25, -0.2) is 0 Å². The van der Waals surface area contributed by atoms with Gasteiger partial charge in [-0.1, -0.05) is 0 Å². The third-order valence-electron chi connectivity index (χ3n) is 2.05. The van der Waals surface area contributed by atoms with Crippen LogP contribution >= 0.6 is 22.9 Å². The fraction of sp³-hybridized carbons (Fsp3) is 0.300. The molecule has 0 aliphatic carbocycles. The van der Waals surface area contributed by atoms with Crippen molar-refractivity contribution in [3.8, 4) is 0 Å². The largest absolute Gasteiger partial charge is 0.357 e. The van der Waals surface area contributed by atoms with Gasteiger partial charge in [-0.3, -0.25) is 0 Å². The highest BCUT2D eigenvalue weighted by Crippen LogP contribution is 2.16. The van der Waals surface area contributed by atoms with E-state index in [9.17, 15) is 0 Å². The third kappa shape index (κ3) is 3.28. The Hall–Kier alpha value is -1.40. The van der Waals surface area contributed by atoms with E-state index in [0.29, 0.717) is 18.4 Å². The summed E-state index contributed by atoms with van der Waals surface area (Å²) in [5.41, 5.74) is 0. The standard InChI is InChI=1S/C10H12ClN5S/c1-6-3-4-7(17-6)5-13-10-15-8(11)14-9(12-2)16-10/h3-4H,5H2,1-2H3,(H2,12,13,14,15,16). The number of thiophene rings is 1. The number of aromatic nitrogens is 3. The van der Waals surface area contributed by atoms with E-state index >= 15 is 0 Å². The van der Waals surface area contributed by atoms with Crippen LogP contribution in [-0.4, -0.2) is 22.0 Å². The minimum atomic E-state index is 0.175. The Morgan fingerprint density at radius 3 is 2.65 bits per heavy atom. The molecule has 90 valence electrons. The molecule has 0 saturated heterocycles. The van der Waals surface area contributed by atoms with Crippen LogP contribution in [0.5, 0.6) is 0 Å². The van der Waals surface area contributed by atoms with Gasteiger partial charge in [0.1, 0.15) is 0 Å². The number of nitrogens with one attached hydrogen (secondary N) is 2. The van der Waals surface area contributed by atoms with Gasteiger partial charge >= 0.3 is 0 Å². The number of nitrogens with zero attached hydrogens (tertiary/aromatic N) is 3. The number of anilines is 2. The first-order valence-corrected chi connectivity index (χ1v) is 6.25. The number of hydrogen-bond acceptors (Lipinski definition) is 6. The second-order valence-electron chi connectivity index (χ2n) is 3.37. The van der Waals surface area contributed by atoms with Crippen LogP contribution < -0.4 is 10.6 Å². The van der Waals surface area contributed by atoms with E-state index in [-0.39, 0.29) is 5.28 Å². The molecule has 2 rings (SSSR count). The minimum absolute atomic E-state index is 0.175. The Morgan fingerprint density at radius 2 is 2.00 bits per heavy atom. The molecule has 7 heteroatoms. The Kier molecular flexibility index (Phi) is 3.75. The average Bonchev–Trinajstić information content (AvgIpc) is 2.72. The maximum atomic E-state index is 5.78. The molecule has 2 N–H and O–H groups in total. The Bertz CT molecular complexity index is 513. The van der Waals surface area contributed by atoms with Gasteiger partial charge in [-0.2, -0.15) is 15.0 Å². The van der Waals surface area contributed by atoms with Crippen LogP contribution in [-0.2, 0) is 6.54 Å². The van der Waals surface area contributed by atoms with Gasteiger partial charge in [0.2, 0.25) is 17.2 Å². The average molecular weight is 270 g/mol.